The van der Waals surface area contributed by atoms with Gasteiger partial charge in [0.15, 0.2) is 17.3 Å². The zero-order chi connectivity index (χ0) is 20.4. The van der Waals surface area contributed by atoms with Gasteiger partial charge in [0.25, 0.3) is 0 Å². The number of rotatable bonds is 5. The summed E-state index contributed by atoms with van der Waals surface area (Å²) in [4.78, 5) is 6.82. The third kappa shape index (κ3) is 3.94. The van der Waals surface area contributed by atoms with Gasteiger partial charge >= 0.3 is 0 Å². The van der Waals surface area contributed by atoms with Crippen molar-refractivity contribution in [2.45, 2.75) is 26.8 Å². The van der Waals surface area contributed by atoms with Crippen molar-refractivity contribution in [3.63, 3.8) is 0 Å². The van der Waals surface area contributed by atoms with Crippen LogP contribution < -0.4 is 19.7 Å². The summed E-state index contributed by atoms with van der Waals surface area (Å²) < 4.78 is 10.9. The Morgan fingerprint density at radius 1 is 1.00 bits per heavy atom. The zero-order valence-corrected chi connectivity index (χ0v) is 17.2. The minimum atomic E-state index is 0.611. The second-order valence-corrected chi connectivity index (χ2v) is 7.23. The molecule has 7 nitrogen and oxygen atoms in total. The third-order valence-corrected chi connectivity index (χ3v) is 5.19. The van der Waals surface area contributed by atoms with Gasteiger partial charge in [0.1, 0.15) is 0 Å². The first-order valence-corrected chi connectivity index (χ1v) is 9.60. The summed E-state index contributed by atoms with van der Waals surface area (Å²) in [6, 6.07) is 10.4. The zero-order valence-electron chi connectivity index (χ0n) is 17.2. The normalized spacial score (nSPS) is 13.0. The van der Waals surface area contributed by atoms with Crippen molar-refractivity contribution in [2.24, 2.45) is 0 Å². The molecule has 2 aromatic carbocycles. The first-order valence-electron chi connectivity index (χ1n) is 9.60. The van der Waals surface area contributed by atoms with Gasteiger partial charge in [-0.3, -0.25) is 0 Å². The van der Waals surface area contributed by atoms with Crippen LogP contribution in [-0.4, -0.2) is 35.9 Å². The highest BCUT2D eigenvalue weighted by molar-refractivity contribution is 5.61. The van der Waals surface area contributed by atoms with Crippen molar-refractivity contribution >= 4 is 17.5 Å². The number of hydrogen-bond donors (Lipinski definition) is 1. The second-order valence-electron chi connectivity index (χ2n) is 7.23. The lowest BCUT2D eigenvalue weighted by atomic mass is 9.99. The molecule has 0 radical (unpaired) electrons. The number of nitrogens with zero attached hydrogens (tertiary/aromatic N) is 4. The summed E-state index contributed by atoms with van der Waals surface area (Å²) in [5.41, 5.74) is 5.86. The Bertz CT molecular complexity index is 1040. The number of methoxy groups -OCH3 is 2. The van der Waals surface area contributed by atoms with E-state index in [0.29, 0.717) is 18.3 Å². The Morgan fingerprint density at radius 3 is 2.48 bits per heavy atom. The molecule has 0 saturated heterocycles. The quantitative estimate of drug-likeness (QED) is 0.709. The number of aromatic nitrogens is 3. The molecule has 1 aromatic heterocycles. The molecule has 0 unspecified atom stereocenters. The largest absolute Gasteiger partial charge is 0.493 e. The predicted octanol–water partition coefficient (Wildman–Crippen LogP) is 3.81. The molecule has 0 saturated carbocycles. The van der Waals surface area contributed by atoms with Crippen molar-refractivity contribution in [3.8, 4) is 11.5 Å². The minimum absolute atomic E-state index is 0.611. The van der Waals surface area contributed by atoms with Gasteiger partial charge in [0, 0.05) is 18.8 Å². The van der Waals surface area contributed by atoms with Crippen LogP contribution in [0.3, 0.4) is 0 Å². The molecule has 7 heteroatoms. The van der Waals surface area contributed by atoms with E-state index in [1.807, 2.05) is 6.07 Å². The molecule has 1 aliphatic heterocycles. The summed E-state index contributed by atoms with van der Waals surface area (Å²) in [5, 5.41) is 11.8. The molecule has 150 valence electrons. The maximum Gasteiger partial charge on any atom is 0.247 e. The fourth-order valence-corrected chi connectivity index (χ4v) is 3.63. The van der Waals surface area contributed by atoms with Crippen LogP contribution in [0.4, 0.5) is 17.5 Å². The monoisotopic (exact) mass is 391 g/mol. The average molecular weight is 391 g/mol. The lowest BCUT2D eigenvalue weighted by Gasteiger charge is -2.29. The van der Waals surface area contributed by atoms with Gasteiger partial charge in [-0.2, -0.15) is 10.1 Å². The van der Waals surface area contributed by atoms with Crippen molar-refractivity contribution < 1.29 is 9.47 Å². The topological polar surface area (TPSA) is 72.4 Å². The van der Waals surface area contributed by atoms with Gasteiger partial charge in [0.05, 0.1) is 20.4 Å². The Kier molecular flexibility index (Phi) is 5.20. The highest BCUT2D eigenvalue weighted by Gasteiger charge is 2.21. The average Bonchev–Trinajstić information content (AvgIpc) is 2.74. The van der Waals surface area contributed by atoms with Crippen LogP contribution in [-0.2, 0) is 13.0 Å². The predicted molar refractivity (Wildman–Crippen MR) is 113 cm³/mol. The fraction of sp³-hybridized carbons (Fsp3) is 0.318. The number of anilines is 3. The van der Waals surface area contributed by atoms with E-state index in [-0.39, 0.29) is 0 Å². The SMILES string of the molecule is COc1cc2c(cc1OC)CN(c1nncc(Nc3ccc(C)cc3C)n1)CC2. The van der Waals surface area contributed by atoms with Crippen LogP contribution in [0.25, 0.3) is 0 Å². The van der Waals surface area contributed by atoms with Gasteiger partial charge in [-0.05, 0) is 55.2 Å². The number of hydrogen-bond acceptors (Lipinski definition) is 7. The van der Waals surface area contributed by atoms with Crippen LogP contribution in [0.15, 0.2) is 36.5 Å². The molecule has 0 aliphatic carbocycles. The van der Waals surface area contributed by atoms with Crippen LogP contribution in [0.5, 0.6) is 11.5 Å². The van der Waals surface area contributed by atoms with E-state index in [2.05, 4.69) is 63.5 Å². The lowest BCUT2D eigenvalue weighted by Crippen LogP contribution is -2.32. The van der Waals surface area contributed by atoms with E-state index in [4.69, 9.17) is 9.47 Å². The number of aryl methyl sites for hydroxylation is 2. The third-order valence-electron chi connectivity index (χ3n) is 5.19. The first kappa shape index (κ1) is 19.0. The van der Waals surface area contributed by atoms with Crippen molar-refractivity contribution in [3.05, 3.63) is 58.8 Å². The summed E-state index contributed by atoms with van der Waals surface area (Å²) in [6.07, 6.45) is 2.53. The van der Waals surface area contributed by atoms with Gasteiger partial charge in [-0.25, -0.2) is 0 Å². The summed E-state index contributed by atoms with van der Waals surface area (Å²) in [6.45, 7) is 5.68. The first-order chi connectivity index (χ1) is 14.1. The Morgan fingerprint density at radius 2 is 1.76 bits per heavy atom. The molecule has 4 rings (SSSR count). The molecule has 0 amide bonds. The number of fused-ring (bicyclic) bond motifs is 1. The van der Waals surface area contributed by atoms with E-state index in [1.165, 1.54) is 16.7 Å². The molecular weight excluding hydrogens is 366 g/mol. The van der Waals surface area contributed by atoms with Crippen molar-refractivity contribution in [2.75, 3.05) is 31.0 Å². The van der Waals surface area contributed by atoms with Crippen LogP contribution >= 0.6 is 0 Å². The van der Waals surface area contributed by atoms with Gasteiger partial charge in [-0.15, -0.1) is 5.10 Å². The molecule has 1 aliphatic rings. The van der Waals surface area contributed by atoms with E-state index in [9.17, 15) is 0 Å². The van der Waals surface area contributed by atoms with Crippen LogP contribution in [0.1, 0.15) is 22.3 Å². The Balaban J connectivity index is 1.56. The molecule has 0 spiro atoms. The second kappa shape index (κ2) is 7.95. The van der Waals surface area contributed by atoms with Crippen LogP contribution in [0.2, 0.25) is 0 Å². The maximum atomic E-state index is 5.45. The maximum absolute atomic E-state index is 5.45. The molecule has 1 N–H and O–H groups in total. The van der Waals surface area contributed by atoms with E-state index >= 15 is 0 Å². The molecule has 29 heavy (non-hydrogen) atoms. The number of benzene rings is 2. The van der Waals surface area contributed by atoms with E-state index < -0.39 is 0 Å². The molecule has 0 bridgehead atoms. The molecule has 2 heterocycles. The molecule has 3 aromatic rings. The van der Waals surface area contributed by atoms with Crippen molar-refractivity contribution in [1.82, 2.24) is 15.2 Å². The molecule has 0 atom stereocenters. The summed E-state index contributed by atoms with van der Waals surface area (Å²) >= 11 is 0. The summed E-state index contributed by atoms with van der Waals surface area (Å²) in [7, 11) is 3.31. The molecular formula is C22H25N5O2. The van der Waals surface area contributed by atoms with E-state index in [0.717, 1.165) is 35.7 Å². The minimum Gasteiger partial charge on any atom is -0.493 e. The highest BCUT2D eigenvalue weighted by Crippen LogP contribution is 2.34. The number of nitrogens with one attached hydrogen (secondary N) is 1. The van der Waals surface area contributed by atoms with Gasteiger partial charge in [-0.1, -0.05) is 17.7 Å². The summed E-state index contributed by atoms with van der Waals surface area (Å²) in [5.74, 6) is 2.79. The van der Waals surface area contributed by atoms with Gasteiger partial charge < -0.3 is 19.7 Å². The van der Waals surface area contributed by atoms with Crippen molar-refractivity contribution in [1.29, 1.82) is 0 Å². The van der Waals surface area contributed by atoms with E-state index in [1.54, 1.807) is 20.4 Å². The fourth-order valence-electron chi connectivity index (χ4n) is 3.63. The lowest BCUT2D eigenvalue weighted by molar-refractivity contribution is 0.353. The van der Waals surface area contributed by atoms with Crippen LogP contribution in [0, 0.1) is 13.8 Å². The highest BCUT2D eigenvalue weighted by atomic mass is 16.5. The Labute approximate surface area is 170 Å². The Hall–Kier alpha value is -3.35. The standard InChI is InChI=1S/C22H25N5O2/c1-14-5-6-18(15(2)9-14)24-21-12-23-26-22(25-21)27-8-7-16-10-19(28-3)20(29-4)11-17(16)13-27/h5-6,9-12H,7-8,13H2,1-4H3,(H,24,25,26). The molecule has 0 fully saturated rings. The smallest absolute Gasteiger partial charge is 0.247 e. The number of ether oxygens (including phenoxy) is 2. The van der Waals surface area contributed by atoms with Gasteiger partial charge in [0.2, 0.25) is 5.95 Å².